The number of carbonyl (C=O) groups is 2. The average Bonchev–Trinajstić information content (AvgIpc) is 2.75. The van der Waals surface area contributed by atoms with Gasteiger partial charge in [0.2, 0.25) is 5.91 Å². The van der Waals surface area contributed by atoms with Gasteiger partial charge in [0.05, 0.1) is 13.2 Å². The second kappa shape index (κ2) is 11.7. The Hall–Kier alpha value is -3.06. The molecule has 0 aromatic heterocycles. The minimum Gasteiger partial charge on any atom is -0.497 e. The second-order valence-electron chi connectivity index (χ2n) is 6.69. The molecule has 0 bridgehead atoms. The molecule has 0 unspecified atom stereocenters. The Morgan fingerprint density at radius 1 is 1.03 bits per heavy atom. The smallest absolute Gasteiger partial charge is 0.408 e. The van der Waals surface area contributed by atoms with Crippen molar-refractivity contribution in [2.24, 2.45) is 5.73 Å². The number of methoxy groups -OCH3 is 1. The van der Waals surface area contributed by atoms with Gasteiger partial charge in [-0.05, 0) is 49.6 Å². The summed E-state index contributed by atoms with van der Waals surface area (Å²) in [5.41, 5.74) is 7.38. The van der Waals surface area contributed by atoms with Crippen molar-refractivity contribution in [2.45, 2.75) is 38.5 Å². The Balaban J connectivity index is 1.92. The topological polar surface area (TPSA) is 103 Å². The van der Waals surface area contributed by atoms with E-state index in [4.69, 9.17) is 15.2 Å². The van der Waals surface area contributed by atoms with Crippen LogP contribution >= 0.6 is 0 Å². The highest BCUT2D eigenvalue weighted by molar-refractivity contribution is 5.85. The number of ether oxygens (including phenoxy) is 2. The molecule has 2 aromatic carbocycles. The van der Waals surface area contributed by atoms with Crippen molar-refractivity contribution in [1.29, 1.82) is 0 Å². The molecule has 2 atom stereocenters. The molecule has 7 nitrogen and oxygen atoms in total. The van der Waals surface area contributed by atoms with Gasteiger partial charge in [0.15, 0.2) is 0 Å². The van der Waals surface area contributed by atoms with Gasteiger partial charge < -0.3 is 25.8 Å². The molecular formula is C22H29N3O4. The third-order valence-electron chi connectivity index (χ3n) is 4.49. The SMILES string of the molecule is COc1ccc([C@H](C)NC(=O)[C@@H](CCCN)NC(=O)OCc2ccccc2)cc1. The van der Waals surface area contributed by atoms with E-state index in [1.54, 1.807) is 7.11 Å². The standard InChI is InChI=1S/C22H29N3O4/c1-16(18-10-12-19(28-2)13-11-18)24-21(26)20(9-6-14-23)25-22(27)29-15-17-7-4-3-5-8-17/h3-5,7-8,10-13,16,20H,6,9,14-15,23H2,1-2H3,(H,24,26)(H,25,27)/t16-,20+/m0/s1. The summed E-state index contributed by atoms with van der Waals surface area (Å²) >= 11 is 0. The summed E-state index contributed by atoms with van der Waals surface area (Å²) in [7, 11) is 1.60. The van der Waals surface area contributed by atoms with Crippen LogP contribution in [0, 0.1) is 0 Å². The van der Waals surface area contributed by atoms with Crippen molar-refractivity contribution in [2.75, 3.05) is 13.7 Å². The lowest BCUT2D eigenvalue weighted by Gasteiger charge is -2.21. The Kier molecular flexibility index (Phi) is 8.98. The molecule has 29 heavy (non-hydrogen) atoms. The van der Waals surface area contributed by atoms with Gasteiger partial charge in [-0.15, -0.1) is 0 Å². The summed E-state index contributed by atoms with van der Waals surface area (Å²) in [4.78, 5) is 24.9. The molecule has 156 valence electrons. The van der Waals surface area contributed by atoms with Gasteiger partial charge in [-0.1, -0.05) is 42.5 Å². The van der Waals surface area contributed by atoms with E-state index in [0.717, 1.165) is 16.9 Å². The van der Waals surface area contributed by atoms with Crippen molar-refractivity contribution < 1.29 is 19.1 Å². The van der Waals surface area contributed by atoms with Crippen molar-refractivity contribution in [3.05, 3.63) is 65.7 Å². The van der Waals surface area contributed by atoms with Crippen molar-refractivity contribution >= 4 is 12.0 Å². The maximum absolute atomic E-state index is 12.7. The molecule has 0 spiro atoms. The molecule has 7 heteroatoms. The number of rotatable bonds is 10. The van der Waals surface area contributed by atoms with Crippen LogP contribution in [-0.2, 0) is 16.1 Å². The fourth-order valence-corrected chi connectivity index (χ4v) is 2.79. The summed E-state index contributed by atoms with van der Waals surface area (Å²) in [5, 5.41) is 5.58. The lowest BCUT2D eigenvalue weighted by Crippen LogP contribution is -2.47. The van der Waals surface area contributed by atoms with E-state index >= 15 is 0 Å². The summed E-state index contributed by atoms with van der Waals surface area (Å²) in [6.07, 6.45) is 0.398. The first kappa shape index (κ1) is 22.2. The lowest BCUT2D eigenvalue weighted by molar-refractivity contribution is -0.123. The number of hydrogen-bond acceptors (Lipinski definition) is 5. The largest absolute Gasteiger partial charge is 0.497 e. The molecule has 2 aromatic rings. The van der Waals surface area contributed by atoms with Crippen LogP contribution in [0.4, 0.5) is 4.79 Å². The zero-order valence-electron chi connectivity index (χ0n) is 16.9. The normalized spacial score (nSPS) is 12.5. The highest BCUT2D eigenvalue weighted by atomic mass is 16.5. The van der Waals surface area contributed by atoms with Crippen LogP contribution < -0.4 is 21.1 Å². The van der Waals surface area contributed by atoms with Crippen LogP contribution in [0.3, 0.4) is 0 Å². The summed E-state index contributed by atoms with van der Waals surface area (Å²) in [5.74, 6) is 0.467. The quantitative estimate of drug-likeness (QED) is 0.570. The van der Waals surface area contributed by atoms with Crippen molar-refractivity contribution in [3.63, 3.8) is 0 Å². The average molecular weight is 399 g/mol. The van der Waals surface area contributed by atoms with E-state index in [0.29, 0.717) is 19.4 Å². The zero-order chi connectivity index (χ0) is 21.1. The van der Waals surface area contributed by atoms with Gasteiger partial charge in [-0.2, -0.15) is 0 Å². The van der Waals surface area contributed by atoms with Crippen molar-refractivity contribution in [3.8, 4) is 5.75 Å². The van der Waals surface area contributed by atoms with E-state index in [1.165, 1.54) is 0 Å². The first-order chi connectivity index (χ1) is 14.0. The first-order valence-electron chi connectivity index (χ1n) is 9.65. The monoisotopic (exact) mass is 399 g/mol. The maximum Gasteiger partial charge on any atom is 0.408 e. The Bertz CT molecular complexity index is 765. The Labute approximate surface area is 171 Å². The summed E-state index contributed by atoms with van der Waals surface area (Å²) in [6.45, 7) is 2.45. The molecule has 2 rings (SSSR count). The summed E-state index contributed by atoms with van der Waals surface area (Å²) in [6, 6.07) is 15.9. The van der Waals surface area contributed by atoms with Crippen LogP contribution in [0.5, 0.6) is 5.75 Å². The first-order valence-corrected chi connectivity index (χ1v) is 9.65. The van der Waals surface area contributed by atoms with E-state index in [2.05, 4.69) is 10.6 Å². The molecule has 0 fully saturated rings. The molecule has 2 amide bonds. The molecule has 0 saturated heterocycles. The molecule has 0 aliphatic heterocycles. The predicted molar refractivity (Wildman–Crippen MR) is 111 cm³/mol. The van der Waals surface area contributed by atoms with E-state index in [9.17, 15) is 9.59 Å². The molecule has 0 heterocycles. The lowest BCUT2D eigenvalue weighted by atomic mass is 10.1. The number of nitrogens with one attached hydrogen (secondary N) is 2. The van der Waals surface area contributed by atoms with Crippen LogP contribution in [0.15, 0.2) is 54.6 Å². The fourth-order valence-electron chi connectivity index (χ4n) is 2.79. The molecular weight excluding hydrogens is 370 g/mol. The second-order valence-corrected chi connectivity index (χ2v) is 6.69. The van der Waals surface area contributed by atoms with Crippen LogP contribution in [0.1, 0.15) is 36.9 Å². The van der Waals surface area contributed by atoms with Gasteiger partial charge >= 0.3 is 6.09 Å². The molecule has 0 aliphatic carbocycles. The highest BCUT2D eigenvalue weighted by Crippen LogP contribution is 2.17. The number of alkyl carbamates (subject to hydrolysis) is 1. The van der Waals surface area contributed by atoms with Gasteiger partial charge in [-0.25, -0.2) is 4.79 Å². The Morgan fingerprint density at radius 2 is 1.72 bits per heavy atom. The van der Waals surface area contributed by atoms with E-state index in [-0.39, 0.29) is 18.6 Å². The highest BCUT2D eigenvalue weighted by Gasteiger charge is 2.22. The van der Waals surface area contributed by atoms with Gasteiger partial charge in [0.25, 0.3) is 0 Å². The predicted octanol–water partition coefficient (Wildman–Crippen LogP) is 2.91. The number of amides is 2. The Morgan fingerprint density at radius 3 is 2.34 bits per heavy atom. The van der Waals surface area contributed by atoms with Gasteiger partial charge in [-0.3, -0.25) is 4.79 Å². The van der Waals surface area contributed by atoms with Crippen LogP contribution in [0.25, 0.3) is 0 Å². The molecule has 0 aliphatic rings. The molecule has 4 N–H and O–H groups in total. The minimum atomic E-state index is -0.720. The van der Waals surface area contributed by atoms with Gasteiger partial charge in [0, 0.05) is 0 Å². The number of hydrogen-bond donors (Lipinski definition) is 3. The third kappa shape index (κ3) is 7.46. The summed E-state index contributed by atoms with van der Waals surface area (Å²) < 4.78 is 10.4. The maximum atomic E-state index is 12.7. The van der Waals surface area contributed by atoms with Crippen molar-refractivity contribution in [1.82, 2.24) is 10.6 Å². The zero-order valence-corrected chi connectivity index (χ0v) is 16.9. The number of benzene rings is 2. The number of carbonyl (C=O) groups excluding carboxylic acids is 2. The van der Waals surface area contributed by atoms with Crippen LogP contribution in [-0.4, -0.2) is 31.7 Å². The van der Waals surface area contributed by atoms with E-state index in [1.807, 2.05) is 61.5 Å². The van der Waals surface area contributed by atoms with Crippen LogP contribution in [0.2, 0.25) is 0 Å². The molecule has 0 saturated carbocycles. The molecule has 0 radical (unpaired) electrons. The third-order valence-corrected chi connectivity index (χ3v) is 4.49. The number of nitrogens with two attached hydrogens (primary N) is 1. The van der Waals surface area contributed by atoms with Gasteiger partial charge in [0.1, 0.15) is 18.4 Å². The fraction of sp³-hybridized carbons (Fsp3) is 0.364. The van der Waals surface area contributed by atoms with E-state index < -0.39 is 12.1 Å². The minimum absolute atomic E-state index is 0.139.